The molecular weight excluding hydrogens is 285 g/mol. The highest BCUT2D eigenvalue weighted by atomic mass is 19.1. The summed E-state index contributed by atoms with van der Waals surface area (Å²) >= 11 is 0. The highest BCUT2D eigenvalue weighted by Gasteiger charge is 2.35. The number of nitrogens with zero attached hydrogens (tertiary/aromatic N) is 1. The number of carbonyl (C=O) groups is 2. The van der Waals surface area contributed by atoms with Gasteiger partial charge in [-0.15, -0.1) is 0 Å². The summed E-state index contributed by atoms with van der Waals surface area (Å²) in [4.78, 5) is 25.9. The number of likely N-dealkylation sites (tertiary alicyclic amines) is 1. The highest BCUT2D eigenvalue weighted by molar-refractivity contribution is 5.94. The van der Waals surface area contributed by atoms with E-state index in [1.165, 1.54) is 0 Å². The van der Waals surface area contributed by atoms with Gasteiger partial charge in [0.25, 0.3) is 5.91 Å². The van der Waals surface area contributed by atoms with Crippen LogP contribution in [0.2, 0.25) is 0 Å². The van der Waals surface area contributed by atoms with Crippen LogP contribution in [0.3, 0.4) is 0 Å². The SMILES string of the molecule is O=C(N[C@@H]1CN[C@H](C(=O)N2CCC(F)C2)C1)c1ccccc1. The average molecular weight is 305 g/mol. The molecule has 22 heavy (non-hydrogen) atoms. The fraction of sp³-hybridized carbons (Fsp3) is 0.500. The fourth-order valence-electron chi connectivity index (χ4n) is 3.03. The van der Waals surface area contributed by atoms with Gasteiger partial charge in [-0.2, -0.15) is 0 Å². The van der Waals surface area contributed by atoms with Crippen LogP contribution in [0.25, 0.3) is 0 Å². The third kappa shape index (κ3) is 3.27. The predicted octanol–water partition coefficient (Wildman–Crippen LogP) is 0.717. The van der Waals surface area contributed by atoms with Crippen molar-refractivity contribution in [3.63, 3.8) is 0 Å². The minimum Gasteiger partial charge on any atom is -0.348 e. The largest absolute Gasteiger partial charge is 0.348 e. The number of carbonyl (C=O) groups excluding carboxylic acids is 2. The number of hydrogen-bond donors (Lipinski definition) is 2. The van der Waals surface area contributed by atoms with Crippen molar-refractivity contribution in [1.82, 2.24) is 15.5 Å². The standard InChI is InChI=1S/C16H20FN3O2/c17-12-6-7-20(10-12)16(22)14-8-13(9-18-14)19-15(21)11-4-2-1-3-5-11/h1-5,12-14,18H,6-10H2,(H,19,21)/t12?,13-,14-/m0/s1. The Balaban J connectivity index is 1.52. The molecule has 5 nitrogen and oxygen atoms in total. The van der Waals surface area contributed by atoms with Gasteiger partial charge in [-0.25, -0.2) is 4.39 Å². The summed E-state index contributed by atoms with van der Waals surface area (Å²) in [5.74, 6) is -0.192. The summed E-state index contributed by atoms with van der Waals surface area (Å²) in [6, 6.07) is 8.59. The van der Waals surface area contributed by atoms with E-state index in [2.05, 4.69) is 10.6 Å². The molecule has 0 bridgehead atoms. The van der Waals surface area contributed by atoms with Gasteiger partial charge in [-0.3, -0.25) is 9.59 Å². The number of benzene rings is 1. The highest BCUT2D eigenvalue weighted by Crippen LogP contribution is 2.17. The molecule has 3 rings (SSSR count). The van der Waals surface area contributed by atoms with E-state index in [4.69, 9.17) is 0 Å². The number of rotatable bonds is 3. The molecule has 0 radical (unpaired) electrons. The molecule has 6 heteroatoms. The van der Waals surface area contributed by atoms with Crippen molar-refractivity contribution in [3.8, 4) is 0 Å². The lowest BCUT2D eigenvalue weighted by molar-refractivity contribution is -0.132. The molecule has 3 atom stereocenters. The Morgan fingerprint density at radius 3 is 2.73 bits per heavy atom. The zero-order valence-corrected chi connectivity index (χ0v) is 12.3. The van der Waals surface area contributed by atoms with Gasteiger partial charge in [0.1, 0.15) is 6.17 Å². The van der Waals surface area contributed by atoms with Gasteiger partial charge in [-0.05, 0) is 25.0 Å². The normalized spacial score (nSPS) is 27.9. The molecule has 1 aromatic rings. The third-order valence-electron chi connectivity index (χ3n) is 4.24. The van der Waals surface area contributed by atoms with E-state index in [1.807, 2.05) is 18.2 Å². The van der Waals surface area contributed by atoms with E-state index in [1.54, 1.807) is 17.0 Å². The van der Waals surface area contributed by atoms with Crippen molar-refractivity contribution in [1.29, 1.82) is 0 Å². The minimum absolute atomic E-state index is 0.0587. The molecule has 2 aliphatic rings. The molecule has 2 aliphatic heterocycles. The van der Waals surface area contributed by atoms with Crippen molar-refractivity contribution in [2.24, 2.45) is 0 Å². The molecule has 2 amide bonds. The smallest absolute Gasteiger partial charge is 0.251 e. The average Bonchev–Trinajstić information content (AvgIpc) is 3.16. The fourth-order valence-corrected chi connectivity index (χ4v) is 3.03. The van der Waals surface area contributed by atoms with E-state index < -0.39 is 6.17 Å². The first-order chi connectivity index (χ1) is 10.6. The quantitative estimate of drug-likeness (QED) is 0.865. The summed E-state index contributed by atoms with van der Waals surface area (Å²) in [6.07, 6.45) is 0.0660. The molecule has 2 heterocycles. The van der Waals surface area contributed by atoms with Gasteiger partial charge in [0.05, 0.1) is 12.6 Å². The topological polar surface area (TPSA) is 61.4 Å². The second kappa shape index (κ2) is 6.44. The van der Waals surface area contributed by atoms with E-state index in [-0.39, 0.29) is 30.4 Å². The molecule has 2 fully saturated rings. The van der Waals surface area contributed by atoms with E-state index in [0.717, 1.165) is 0 Å². The first kappa shape index (κ1) is 15.0. The van der Waals surface area contributed by atoms with Gasteiger partial charge in [0.15, 0.2) is 0 Å². The Morgan fingerprint density at radius 1 is 1.27 bits per heavy atom. The van der Waals surface area contributed by atoms with Crippen LogP contribution in [0, 0.1) is 0 Å². The molecule has 1 aromatic carbocycles. The summed E-state index contributed by atoms with van der Waals surface area (Å²) < 4.78 is 13.2. The first-order valence-corrected chi connectivity index (χ1v) is 7.65. The molecule has 2 saturated heterocycles. The molecule has 0 spiro atoms. The number of hydrogen-bond acceptors (Lipinski definition) is 3. The molecule has 2 N–H and O–H groups in total. The Kier molecular flexibility index (Phi) is 4.38. The van der Waals surface area contributed by atoms with Crippen LogP contribution in [0.4, 0.5) is 4.39 Å². The van der Waals surface area contributed by atoms with Gasteiger partial charge >= 0.3 is 0 Å². The Labute approximate surface area is 128 Å². The Bertz CT molecular complexity index is 552. The van der Waals surface area contributed by atoms with Gasteiger partial charge < -0.3 is 15.5 Å². The summed E-state index contributed by atoms with van der Waals surface area (Å²) in [5.41, 5.74) is 0.608. The van der Waals surface area contributed by atoms with E-state index in [0.29, 0.717) is 31.5 Å². The zero-order valence-electron chi connectivity index (χ0n) is 12.3. The van der Waals surface area contributed by atoms with Crippen LogP contribution in [-0.2, 0) is 4.79 Å². The summed E-state index contributed by atoms with van der Waals surface area (Å²) in [5, 5.41) is 6.06. The van der Waals surface area contributed by atoms with E-state index in [9.17, 15) is 14.0 Å². The molecule has 118 valence electrons. The van der Waals surface area contributed by atoms with Crippen LogP contribution in [0.1, 0.15) is 23.2 Å². The van der Waals surface area contributed by atoms with Crippen molar-refractivity contribution in [2.75, 3.05) is 19.6 Å². The molecule has 1 unspecified atom stereocenters. The number of amides is 2. The molecule has 0 aliphatic carbocycles. The minimum atomic E-state index is -0.904. The van der Waals surface area contributed by atoms with Gasteiger partial charge in [0.2, 0.25) is 5.91 Å². The second-order valence-corrected chi connectivity index (χ2v) is 5.90. The lowest BCUT2D eigenvalue weighted by atomic mass is 10.1. The first-order valence-electron chi connectivity index (χ1n) is 7.65. The van der Waals surface area contributed by atoms with Gasteiger partial charge in [0, 0.05) is 24.7 Å². The number of nitrogens with one attached hydrogen (secondary N) is 2. The van der Waals surface area contributed by atoms with Crippen molar-refractivity contribution in [3.05, 3.63) is 35.9 Å². The van der Waals surface area contributed by atoms with Crippen LogP contribution in [0.5, 0.6) is 0 Å². The molecule has 0 saturated carbocycles. The molecular formula is C16H20FN3O2. The molecule has 0 aromatic heterocycles. The van der Waals surface area contributed by atoms with Crippen LogP contribution in [-0.4, -0.2) is 54.6 Å². The number of halogens is 1. The second-order valence-electron chi connectivity index (χ2n) is 5.90. The predicted molar refractivity (Wildman–Crippen MR) is 80.2 cm³/mol. The Hall–Kier alpha value is -1.95. The Morgan fingerprint density at radius 2 is 2.05 bits per heavy atom. The van der Waals surface area contributed by atoms with Crippen LogP contribution >= 0.6 is 0 Å². The van der Waals surface area contributed by atoms with Crippen LogP contribution < -0.4 is 10.6 Å². The van der Waals surface area contributed by atoms with Crippen molar-refractivity contribution in [2.45, 2.75) is 31.1 Å². The monoisotopic (exact) mass is 305 g/mol. The number of alkyl halides is 1. The third-order valence-corrected chi connectivity index (χ3v) is 4.24. The lowest BCUT2D eigenvalue weighted by Gasteiger charge is -2.20. The van der Waals surface area contributed by atoms with Crippen LogP contribution in [0.15, 0.2) is 30.3 Å². The van der Waals surface area contributed by atoms with Crippen molar-refractivity contribution < 1.29 is 14.0 Å². The maximum Gasteiger partial charge on any atom is 0.251 e. The maximum absolute atomic E-state index is 13.2. The van der Waals surface area contributed by atoms with Gasteiger partial charge in [-0.1, -0.05) is 18.2 Å². The summed E-state index contributed by atoms with van der Waals surface area (Å²) in [7, 11) is 0. The maximum atomic E-state index is 13.2. The lowest BCUT2D eigenvalue weighted by Crippen LogP contribution is -2.42. The zero-order chi connectivity index (χ0) is 15.5. The van der Waals surface area contributed by atoms with Crippen molar-refractivity contribution >= 4 is 11.8 Å². The summed E-state index contributed by atoms with van der Waals surface area (Å²) in [6.45, 7) is 1.24. The van der Waals surface area contributed by atoms with E-state index >= 15 is 0 Å².